The number of ether oxygens (including phenoxy) is 4. The molecule has 8 nitrogen and oxygen atoms in total. The van der Waals surface area contributed by atoms with Gasteiger partial charge in [-0.25, -0.2) is 0 Å². The summed E-state index contributed by atoms with van der Waals surface area (Å²) in [6.45, 7) is 6.33. The Morgan fingerprint density at radius 2 is 1.95 bits per heavy atom. The van der Waals surface area contributed by atoms with Crippen LogP contribution in [0.1, 0.15) is 55.9 Å². The van der Waals surface area contributed by atoms with Crippen LogP contribution < -0.4 is 19.7 Å². The maximum Gasteiger partial charge on any atom is 0.142 e. The molecule has 0 saturated carbocycles. The van der Waals surface area contributed by atoms with Crippen LogP contribution in [0.2, 0.25) is 0 Å². The Morgan fingerprint density at radius 1 is 1.10 bits per heavy atom. The van der Waals surface area contributed by atoms with E-state index in [1.807, 2.05) is 35.3 Å². The Kier molecular flexibility index (Phi) is 9.40. The van der Waals surface area contributed by atoms with Crippen LogP contribution in [0.5, 0.6) is 11.5 Å². The summed E-state index contributed by atoms with van der Waals surface area (Å²) in [5.41, 5.74) is 3.38. The van der Waals surface area contributed by atoms with E-state index in [1.165, 1.54) is 0 Å². The van der Waals surface area contributed by atoms with E-state index in [4.69, 9.17) is 18.9 Å². The van der Waals surface area contributed by atoms with Gasteiger partial charge in [-0.3, -0.25) is 4.68 Å². The molecule has 1 aromatic heterocycles. The molecule has 2 aliphatic rings. The average molecular weight is 535 g/mol. The summed E-state index contributed by atoms with van der Waals surface area (Å²) in [5, 5.41) is 8.16. The highest BCUT2D eigenvalue weighted by molar-refractivity contribution is 5.62. The molecule has 0 bridgehead atoms. The second-order valence-electron chi connectivity index (χ2n) is 10.6. The molecule has 3 aromatic rings. The van der Waals surface area contributed by atoms with Gasteiger partial charge >= 0.3 is 0 Å². The molecule has 0 radical (unpaired) electrons. The summed E-state index contributed by atoms with van der Waals surface area (Å²) in [6.07, 6.45) is 7.96. The van der Waals surface area contributed by atoms with Crippen molar-refractivity contribution < 1.29 is 18.9 Å². The first-order chi connectivity index (χ1) is 19.1. The molecule has 2 aromatic carbocycles. The molecule has 1 unspecified atom stereocenters. The van der Waals surface area contributed by atoms with Crippen LogP contribution in [0.15, 0.2) is 60.9 Å². The fraction of sp³-hybridized carbons (Fsp3) is 0.516. The molecule has 2 aliphatic heterocycles. The lowest BCUT2D eigenvalue weighted by Gasteiger charge is -2.35. The van der Waals surface area contributed by atoms with Crippen molar-refractivity contribution in [3.8, 4) is 11.5 Å². The summed E-state index contributed by atoms with van der Waals surface area (Å²) in [6, 6.07) is 17.6. The van der Waals surface area contributed by atoms with Crippen LogP contribution >= 0.6 is 0 Å². The Morgan fingerprint density at radius 3 is 2.67 bits per heavy atom. The number of nitrogens with one attached hydrogen (secondary N) is 1. The Balaban J connectivity index is 1.31. The Labute approximate surface area is 232 Å². The van der Waals surface area contributed by atoms with Crippen molar-refractivity contribution in [2.75, 3.05) is 52.0 Å². The molecule has 210 valence electrons. The molecule has 3 heterocycles. The van der Waals surface area contributed by atoms with Gasteiger partial charge in [-0.2, -0.15) is 5.10 Å². The topological polar surface area (TPSA) is 70.0 Å². The molecule has 1 saturated heterocycles. The number of methoxy groups -OCH3 is 2. The second-order valence-corrected chi connectivity index (χ2v) is 10.6. The van der Waals surface area contributed by atoms with E-state index in [0.29, 0.717) is 18.7 Å². The highest BCUT2D eigenvalue weighted by Crippen LogP contribution is 2.38. The first-order valence-corrected chi connectivity index (χ1v) is 14.2. The molecule has 1 fully saturated rings. The molecular weight excluding hydrogens is 492 g/mol. The van der Waals surface area contributed by atoms with Gasteiger partial charge in [-0.15, -0.1) is 0 Å². The molecule has 0 amide bonds. The quantitative estimate of drug-likeness (QED) is 0.328. The molecule has 5 rings (SSSR count). The second kappa shape index (κ2) is 13.3. The maximum atomic E-state index is 6.89. The van der Waals surface area contributed by atoms with Crippen LogP contribution in [0.25, 0.3) is 0 Å². The lowest BCUT2D eigenvalue weighted by molar-refractivity contribution is -0.0112. The summed E-state index contributed by atoms with van der Waals surface area (Å²) < 4.78 is 25.6. The van der Waals surface area contributed by atoms with Crippen LogP contribution in [-0.4, -0.2) is 69.0 Å². The number of aromatic nitrogens is 2. The van der Waals surface area contributed by atoms with Gasteiger partial charge in [0.05, 0.1) is 31.5 Å². The molecule has 0 spiro atoms. The van der Waals surface area contributed by atoms with Crippen molar-refractivity contribution in [3.63, 3.8) is 0 Å². The zero-order valence-electron chi connectivity index (χ0n) is 23.4. The third-order valence-corrected chi connectivity index (χ3v) is 7.84. The van der Waals surface area contributed by atoms with Gasteiger partial charge < -0.3 is 29.2 Å². The smallest absolute Gasteiger partial charge is 0.142 e. The fourth-order valence-corrected chi connectivity index (χ4v) is 5.67. The van der Waals surface area contributed by atoms with Gasteiger partial charge in [-0.1, -0.05) is 18.2 Å². The van der Waals surface area contributed by atoms with Gasteiger partial charge in [0.2, 0.25) is 0 Å². The minimum absolute atomic E-state index is 0.124. The lowest BCUT2D eigenvalue weighted by atomic mass is 9.96. The van der Waals surface area contributed by atoms with Gasteiger partial charge in [0.15, 0.2) is 0 Å². The molecule has 1 N–H and O–H groups in total. The van der Waals surface area contributed by atoms with Crippen molar-refractivity contribution in [2.24, 2.45) is 0 Å². The van der Waals surface area contributed by atoms with E-state index in [1.54, 1.807) is 14.2 Å². The summed E-state index contributed by atoms with van der Waals surface area (Å²) >= 11 is 0. The highest BCUT2D eigenvalue weighted by Gasteiger charge is 2.28. The largest absolute Gasteiger partial charge is 0.497 e. The predicted molar refractivity (Wildman–Crippen MR) is 153 cm³/mol. The minimum Gasteiger partial charge on any atom is -0.497 e. The van der Waals surface area contributed by atoms with Crippen molar-refractivity contribution in [1.29, 1.82) is 0 Å². The number of rotatable bonds is 12. The third-order valence-electron chi connectivity index (χ3n) is 7.84. The van der Waals surface area contributed by atoms with Crippen LogP contribution in [-0.2, 0) is 9.47 Å². The summed E-state index contributed by atoms with van der Waals surface area (Å²) in [5.74, 6) is 1.78. The zero-order valence-corrected chi connectivity index (χ0v) is 23.4. The van der Waals surface area contributed by atoms with Crippen LogP contribution in [0.4, 0.5) is 5.69 Å². The first kappa shape index (κ1) is 27.5. The Bertz CT molecular complexity index is 1150. The third kappa shape index (κ3) is 6.93. The van der Waals surface area contributed by atoms with E-state index in [2.05, 4.69) is 52.6 Å². The number of nitrogens with zero attached hydrogens (tertiary/aromatic N) is 3. The number of fused-ring (bicyclic) bond motifs is 1. The highest BCUT2D eigenvalue weighted by atomic mass is 16.5. The van der Waals surface area contributed by atoms with Crippen molar-refractivity contribution in [2.45, 2.75) is 56.9 Å². The van der Waals surface area contributed by atoms with Crippen molar-refractivity contribution in [3.05, 3.63) is 72.1 Å². The number of hydrogen-bond acceptors (Lipinski definition) is 7. The van der Waals surface area contributed by atoms with E-state index in [-0.39, 0.29) is 12.2 Å². The Hall–Kier alpha value is -3.07. The first-order valence-electron chi connectivity index (χ1n) is 14.2. The fourth-order valence-electron chi connectivity index (χ4n) is 5.67. The maximum absolute atomic E-state index is 6.89. The van der Waals surface area contributed by atoms with Gasteiger partial charge in [-0.05, 0) is 74.1 Å². The van der Waals surface area contributed by atoms with Gasteiger partial charge in [0.25, 0.3) is 0 Å². The van der Waals surface area contributed by atoms with Crippen molar-refractivity contribution in [1.82, 2.24) is 15.1 Å². The van der Waals surface area contributed by atoms with E-state index in [9.17, 15) is 0 Å². The molecule has 39 heavy (non-hydrogen) atoms. The molecule has 8 heteroatoms. The minimum atomic E-state index is -0.185. The summed E-state index contributed by atoms with van der Waals surface area (Å²) in [4.78, 5) is 2.40. The summed E-state index contributed by atoms with van der Waals surface area (Å²) in [7, 11) is 3.45. The monoisotopic (exact) mass is 534 g/mol. The molecule has 0 aliphatic carbocycles. The van der Waals surface area contributed by atoms with E-state index >= 15 is 0 Å². The predicted octanol–water partition coefficient (Wildman–Crippen LogP) is 5.00. The van der Waals surface area contributed by atoms with Crippen LogP contribution in [0.3, 0.4) is 0 Å². The van der Waals surface area contributed by atoms with Gasteiger partial charge in [0.1, 0.15) is 24.2 Å². The van der Waals surface area contributed by atoms with Gasteiger partial charge in [0, 0.05) is 45.2 Å². The van der Waals surface area contributed by atoms with E-state index < -0.39 is 0 Å². The van der Waals surface area contributed by atoms with E-state index in [0.717, 1.165) is 80.2 Å². The van der Waals surface area contributed by atoms with Crippen molar-refractivity contribution >= 4 is 5.69 Å². The average Bonchev–Trinajstić information content (AvgIpc) is 3.53. The SMILES string of the molecule is COCCCN1CCOc2ccc([C@@H](O[C@@H]3CC[C@H](CC(C)n4cccn4)NC3)c3ccc(OC)cc3)cc21. The van der Waals surface area contributed by atoms with Crippen LogP contribution in [0, 0.1) is 0 Å². The zero-order chi connectivity index (χ0) is 27.0. The number of piperidine rings is 1. The normalized spacial score (nSPS) is 20.6. The molecular formula is C31H42N4O4. The number of anilines is 1. The lowest BCUT2D eigenvalue weighted by Crippen LogP contribution is -2.44. The molecule has 4 atom stereocenters. The standard InChI is InChI=1S/C31H42N4O4/c1-23(35-16-4-14-33-35)20-26-9-12-28(22-32-26)39-31(24-6-10-27(37-3)11-7-24)25-8-13-30-29(21-25)34(17-19-38-30)15-5-18-36-2/h4,6-8,10-11,13-14,16,21,23,26,28,31-32H,5,9,12,15,17-20,22H2,1-3H3/t23?,26-,28-,31+/m1/s1. The number of benzene rings is 2. The number of hydrogen-bond donors (Lipinski definition) is 1.